The Kier molecular flexibility index (Phi) is 9.40. The molecule has 1 unspecified atom stereocenters. The summed E-state index contributed by atoms with van der Waals surface area (Å²) in [5.41, 5.74) is 8.46. The molecule has 0 radical (unpaired) electrons. The van der Waals surface area contributed by atoms with Gasteiger partial charge in [0.2, 0.25) is 5.91 Å². The van der Waals surface area contributed by atoms with Crippen molar-refractivity contribution in [3.8, 4) is 17.0 Å². The standard InChI is InChI=1S/C34H34FN7O4.CH2O2/c1-19(42-32-28(31(36)37-18-38-32)29(39-42)22-15-23(35)17-24(43)16-22)30-27(25-5-3-4-6-26(25)34(45)46-30)20-9-13-41(14-10-20)33(44)21-7-11-40(2)12-8-21;2-1-3/h3-6,9,15-19,21,43H,7-8,10-14H2,1-2H3,(H2,36,37,38);1H,(H,2,3). The second-order valence-electron chi connectivity index (χ2n) is 12.2. The molecule has 3 aromatic heterocycles. The zero-order valence-corrected chi connectivity index (χ0v) is 27.0. The van der Waals surface area contributed by atoms with Crippen LogP contribution in [0.5, 0.6) is 5.75 Å². The van der Waals surface area contributed by atoms with E-state index in [-0.39, 0.29) is 35.6 Å². The number of benzene rings is 2. The van der Waals surface area contributed by atoms with E-state index in [9.17, 15) is 19.1 Å². The van der Waals surface area contributed by atoms with E-state index in [4.69, 9.17) is 25.2 Å². The van der Waals surface area contributed by atoms with E-state index in [0.29, 0.717) is 47.3 Å². The molecule has 2 aliphatic rings. The molecule has 4 N–H and O–H groups in total. The van der Waals surface area contributed by atoms with E-state index < -0.39 is 17.5 Å². The Labute approximate surface area is 280 Å². The Balaban J connectivity index is 0.00000134. The topological polar surface area (TPSA) is 181 Å². The van der Waals surface area contributed by atoms with Gasteiger partial charge in [-0.2, -0.15) is 5.10 Å². The first-order chi connectivity index (χ1) is 23.6. The largest absolute Gasteiger partial charge is 0.508 e. The second-order valence-corrected chi connectivity index (χ2v) is 12.2. The van der Waals surface area contributed by atoms with Gasteiger partial charge in [0.05, 0.1) is 10.8 Å². The van der Waals surface area contributed by atoms with Crippen LogP contribution in [0.25, 0.3) is 38.6 Å². The van der Waals surface area contributed by atoms with Gasteiger partial charge >= 0.3 is 5.63 Å². The van der Waals surface area contributed by atoms with E-state index in [2.05, 4.69) is 28.0 Å². The van der Waals surface area contributed by atoms with Gasteiger partial charge in [0.1, 0.15) is 41.2 Å². The Morgan fingerprint density at radius 2 is 1.84 bits per heavy atom. The molecule has 13 nitrogen and oxygen atoms in total. The van der Waals surface area contributed by atoms with Gasteiger partial charge in [0.15, 0.2) is 5.65 Å². The summed E-state index contributed by atoms with van der Waals surface area (Å²) in [5.74, 6) is -0.174. The van der Waals surface area contributed by atoms with Crippen LogP contribution in [0.1, 0.15) is 43.6 Å². The summed E-state index contributed by atoms with van der Waals surface area (Å²) in [5, 5.41) is 23.4. The first kappa shape index (κ1) is 33.3. The minimum atomic E-state index is -0.667. The summed E-state index contributed by atoms with van der Waals surface area (Å²) in [6.07, 6.45) is 5.67. The molecule has 1 fully saturated rings. The summed E-state index contributed by atoms with van der Waals surface area (Å²) in [7, 11) is 2.08. The number of nitrogens with two attached hydrogens (primary N) is 1. The predicted octanol–water partition coefficient (Wildman–Crippen LogP) is 4.29. The smallest absolute Gasteiger partial charge is 0.343 e. The number of likely N-dealkylation sites (tertiary alicyclic amines) is 1. The van der Waals surface area contributed by atoms with Crippen LogP contribution >= 0.6 is 0 Å². The number of nitrogen functional groups attached to an aromatic ring is 1. The van der Waals surface area contributed by atoms with Crippen molar-refractivity contribution in [2.45, 2.75) is 32.2 Å². The highest BCUT2D eigenvalue weighted by Crippen LogP contribution is 2.39. The van der Waals surface area contributed by atoms with Crippen LogP contribution in [0.15, 0.2) is 64.1 Å². The van der Waals surface area contributed by atoms with Crippen LogP contribution < -0.4 is 11.4 Å². The molecule has 7 rings (SSSR count). The third-order valence-corrected chi connectivity index (χ3v) is 9.20. The molecule has 49 heavy (non-hydrogen) atoms. The Morgan fingerprint density at radius 3 is 2.51 bits per heavy atom. The molecule has 1 atom stereocenters. The maximum atomic E-state index is 14.4. The first-order valence-corrected chi connectivity index (χ1v) is 15.9. The van der Waals surface area contributed by atoms with E-state index in [1.54, 1.807) is 16.8 Å². The molecular weight excluding hydrogens is 633 g/mol. The van der Waals surface area contributed by atoms with Crippen molar-refractivity contribution < 1.29 is 28.6 Å². The average molecular weight is 670 g/mol. The summed E-state index contributed by atoms with van der Waals surface area (Å²) < 4.78 is 22.0. The van der Waals surface area contributed by atoms with Gasteiger partial charge in [-0.3, -0.25) is 9.59 Å². The minimum Gasteiger partial charge on any atom is -0.508 e. The fourth-order valence-electron chi connectivity index (χ4n) is 6.74. The fraction of sp³-hybridized carbons (Fsp3) is 0.314. The molecule has 5 heterocycles. The number of hydrogen-bond acceptors (Lipinski definition) is 10. The number of carbonyl (C=O) groups is 2. The number of aromatic nitrogens is 4. The maximum absolute atomic E-state index is 14.4. The van der Waals surface area contributed by atoms with Crippen molar-refractivity contribution in [2.75, 3.05) is 39.0 Å². The van der Waals surface area contributed by atoms with Gasteiger partial charge in [-0.1, -0.05) is 24.3 Å². The number of nitrogens with zero attached hydrogens (tertiary/aromatic N) is 6. The van der Waals surface area contributed by atoms with Gasteiger partial charge in [0.25, 0.3) is 6.47 Å². The van der Waals surface area contributed by atoms with Crippen molar-refractivity contribution in [3.05, 3.63) is 82.4 Å². The SMILES string of the molecule is CC(c1oc(=O)c2ccccc2c1C1=CCN(C(=O)C2CCN(C)CC2)CC1)n1nc(-c2cc(O)cc(F)c2)c2c(N)ncnc21.O=CO. The van der Waals surface area contributed by atoms with E-state index in [1.807, 2.05) is 24.0 Å². The molecule has 0 spiro atoms. The maximum Gasteiger partial charge on any atom is 0.343 e. The molecule has 0 aliphatic carbocycles. The van der Waals surface area contributed by atoms with Gasteiger partial charge in [-0.25, -0.2) is 23.8 Å². The van der Waals surface area contributed by atoms with Crippen molar-refractivity contribution in [1.29, 1.82) is 0 Å². The number of rotatable bonds is 5. The van der Waals surface area contributed by atoms with Gasteiger partial charge < -0.3 is 30.2 Å². The lowest BCUT2D eigenvalue weighted by molar-refractivity contribution is -0.136. The third-order valence-electron chi connectivity index (χ3n) is 9.20. The van der Waals surface area contributed by atoms with Crippen LogP contribution in [-0.2, 0) is 9.59 Å². The number of carbonyl (C=O) groups excluding carboxylic acids is 1. The molecular formula is C35H36FN7O6. The average Bonchev–Trinajstić information content (AvgIpc) is 3.49. The van der Waals surface area contributed by atoms with Crippen LogP contribution in [0.3, 0.4) is 0 Å². The zero-order chi connectivity index (χ0) is 34.8. The lowest BCUT2D eigenvalue weighted by Crippen LogP contribution is -2.43. The first-order valence-electron chi connectivity index (χ1n) is 15.9. The molecule has 1 saturated heterocycles. The lowest BCUT2D eigenvalue weighted by atomic mass is 9.91. The van der Waals surface area contributed by atoms with E-state index >= 15 is 0 Å². The number of halogens is 1. The number of phenols is 1. The number of fused-ring (bicyclic) bond motifs is 2. The molecule has 14 heteroatoms. The summed E-state index contributed by atoms with van der Waals surface area (Å²) in [4.78, 5) is 47.8. The number of piperidine rings is 1. The van der Waals surface area contributed by atoms with Crippen LogP contribution in [0.4, 0.5) is 10.2 Å². The highest BCUT2D eigenvalue weighted by Gasteiger charge is 2.31. The number of aromatic hydroxyl groups is 1. The van der Waals surface area contributed by atoms with Crippen molar-refractivity contribution >= 4 is 45.6 Å². The van der Waals surface area contributed by atoms with E-state index in [1.165, 1.54) is 18.5 Å². The molecule has 2 aliphatic heterocycles. The quantitative estimate of drug-likeness (QED) is 0.227. The predicted molar refractivity (Wildman–Crippen MR) is 181 cm³/mol. The number of hydrogen-bond donors (Lipinski definition) is 3. The molecule has 5 aromatic rings. The summed E-state index contributed by atoms with van der Waals surface area (Å²) in [6.45, 7) is 4.45. The molecule has 2 aromatic carbocycles. The Morgan fingerprint density at radius 1 is 1.12 bits per heavy atom. The van der Waals surface area contributed by atoms with Crippen LogP contribution in [-0.4, -0.2) is 85.4 Å². The Hall–Kier alpha value is -5.63. The van der Waals surface area contributed by atoms with Gasteiger partial charge in [-0.05, 0) is 75.5 Å². The molecule has 254 valence electrons. The number of anilines is 1. The number of phenolic OH excluding ortho intramolecular Hbond substituents is 1. The zero-order valence-electron chi connectivity index (χ0n) is 27.0. The number of carboxylic acid groups (broad SMARTS) is 1. The molecule has 0 bridgehead atoms. The summed E-state index contributed by atoms with van der Waals surface area (Å²) >= 11 is 0. The lowest BCUT2D eigenvalue weighted by Gasteiger charge is -2.34. The van der Waals surface area contributed by atoms with Gasteiger partial charge in [-0.15, -0.1) is 0 Å². The van der Waals surface area contributed by atoms with E-state index in [0.717, 1.165) is 48.5 Å². The number of amides is 1. The van der Waals surface area contributed by atoms with Crippen molar-refractivity contribution in [2.24, 2.45) is 5.92 Å². The highest BCUT2D eigenvalue weighted by molar-refractivity contribution is 5.99. The van der Waals surface area contributed by atoms with Crippen molar-refractivity contribution in [1.82, 2.24) is 29.5 Å². The second kappa shape index (κ2) is 13.8. The van der Waals surface area contributed by atoms with Crippen LogP contribution in [0.2, 0.25) is 0 Å². The summed E-state index contributed by atoms with van der Waals surface area (Å²) in [6, 6.07) is 10.3. The van der Waals surface area contributed by atoms with Crippen molar-refractivity contribution in [3.63, 3.8) is 0 Å². The third kappa shape index (κ3) is 6.46. The normalized spacial score (nSPS) is 16.2. The fourth-order valence-corrected chi connectivity index (χ4v) is 6.74. The monoisotopic (exact) mass is 669 g/mol. The Bertz CT molecular complexity index is 2120. The molecule has 0 saturated carbocycles. The minimum absolute atomic E-state index is 0.0361. The van der Waals surface area contributed by atoms with Crippen LogP contribution in [0, 0.1) is 11.7 Å². The van der Waals surface area contributed by atoms with Gasteiger partial charge in [0, 0.05) is 36.2 Å². The molecule has 1 amide bonds. The highest BCUT2D eigenvalue weighted by atomic mass is 19.1.